The van der Waals surface area contributed by atoms with E-state index in [2.05, 4.69) is 40.2 Å². The van der Waals surface area contributed by atoms with Crippen molar-refractivity contribution in [1.29, 1.82) is 0 Å². The molecule has 0 aliphatic carbocycles. The Morgan fingerprint density at radius 1 is 1.37 bits per heavy atom. The van der Waals surface area contributed by atoms with Crippen LogP contribution in [0.25, 0.3) is 10.9 Å². The Morgan fingerprint density at radius 3 is 3.05 bits per heavy atom. The zero-order chi connectivity index (χ0) is 13.5. The lowest BCUT2D eigenvalue weighted by Gasteiger charge is -2.14. The van der Waals surface area contributed by atoms with E-state index in [4.69, 9.17) is 4.74 Å². The van der Waals surface area contributed by atoms with Gasteiger partial charge in [-0.3, -0.25) is 4.68 Å². The molecule has 1 aromatic carbocycles. The van der Waals surface area contributed by atoms with Crippen molar-refractivity contribution in [1.82, 2.24) is 15.1 Å². The van der Waals surface area contributed by atoms with E-state index >= 15 is 0 Å². The average molecular weight is 261 g/mol. The van der Waals surface area contributed by atoms with Crippen molar-refractivity contribution in [3.05, 3.63) is 30.5 Å². The molecule has 0 bridgehead atoms. The predicted molar refractivity (Wildman–Crippen MR) is 78.4 cm³/mol. The smallest absolute Gasteiger partial charge is 0.0686 e. The fourth-order valence-electron chi connectivity index (χ4n) is 2.18. The maximum Gasteiger partial charge on any atom is 0.0686 e. The van der Waals surface area contributed by atoms with Gasteiger partial charge in [0.15, 0.2) is 0 Å². The second kappa shape index (κ2) is 7.26. The van der Waals surface area contributed by atoms with Gasteiger partial charge in [0.05, 0.1) is 17.8 Å². The van der Waals surface area contributed by atoms with Crippen molar-refractivity contribution in [3.63, 3.8) is 0 Å². The number of rotatable bonds is 8. The molecule has 1 atom stereocenters. The number of hydrogen-bond donors (Lipinski definition) is 1. The minimum absolute atomic E-state index is 0.354. The van der Waals surface area contributed by atoms with Gasteiger partial charge in [-0.25, -0.2) is 0 Å². The summed E-state index contributed by atoms with van der Waals surface area (Å²) in [6.07, 6.45) is 2.99. The molecule has 2 rings (SSSR count). The second-order valence-corrected chi connectivity index (χ2v) is 4.75. The summed E-state index contributed by atoms with van der Waals surface area (Å²) in [5, 5.41) is 9.13. The van der Waals surface area contributed by atoms with E-state index in [1.165, 1.54) is 10.9 Å². The van der Waals surface area contributed by atoms with Crippen molar-refractivity contribution in [2.75, 3.05) is 26.3 Å². The van der Waals surface area contributed by atoms with E-state index in [1.54, 1.807) is 0 Å². The molecule has 0 amide bonds. The molecule has 104 valence electrons. The van der Waals surface area contributed by atoms with Gasteiger partial charge in [-0.15, -0.1) is 0 Å². The van der Waals surface area contributed by atoms with Gasteiger partial charge in [-0.05, 0) is 32.9 Å². The minimum atomic E-state index is 0.354. The molecule has 0 saturated carbocycles. The fraction of sp³-hybridized carbons (Fsp3) is 0.533. The van der Waals surface area contributed by atoms with Gasteiger partial charge in [-0.2, -0.15) is 5.10 Å². The number of aromatic nitrogens is 2. The highest BCUT2D eigenvalue weighted by molar-refractivity contribution is 5.78. The van der Waals surface area contributed by atoms with Crippen molar-refractivity contribution < 1.29 is 4.74 Å². The monoisotopic (exact) mass is 261 g/mol. The normalized spacial score (nSPS) is 12.9. The van der Waals surface area contributed by atoms with Crippen LogP contribution in [0, 0.1) is 0 Å². The van der Waals surface area contributed by atoms with Crippen LogP contribution < -0.4 is 5.32 Å². The summed E-state index contributed by atoms with van der Waals surface area (Å²) in [5.41, 5.74) is 1.20. The number of nitrogens with one attached hydrogen (secondary N) is 1. The molecule has 1 heterocycles. The summed E-state index contributed by atoms with van der Waals surface area (Å²) >= 11 is 0. The maximum atomic E-state index is 5.31. The molecule has 0 saturated heterocycles. The molecule has 0 aliphatic rings. The molecule has 4 heteroatoms. The Balaban J connectivity index is 1.81. The molecule has 0 fully saturated rings. The molecular weight excluding hydrogens is 238 g/mol. The molecule has 1 aromatic heterocycles. The molecule has 1 N–H and O–H groups in total. The van der Waals surface area contributed by atoms with Crippen LogP contribution in [0.15, 0.2) is 30.5 Å². The molecule has 1 unspecified atom stereocenters. The zero-order valence-electron chi connectivity index (χ0n) is 11.8. The Morgan fingerprint density at radius 2 is 2.21 bits per heavy atom. The first-order valence-electron chi connectivity index (χ1n) is 7.03. The van der Waals surface area contributed by atoms with Gasteiger partial charge in [-0.1, -0.05) is 18.2 Å². The van der Waals surface area contributed by atoms with Crippen LogP contribution in [0.2, 0.25) is 0 Å². The van der Waals surface area contributed by atoms with Crippen molar-refractivity contribution in [3.8, 4) is 0 Å². The molecule has 0 radical (unpaired) electrons. The second-order valence-electron chi connectivity index (χ2n) is 4.75. The van der Waals surface area contributed by atoms with E-state index in [0.29, 0.717) is 6.04 Å². The van der Waals surface area contributed by atoms with E-state index < -0.39 is 0 Å². The van der Waals surface area contributed by atoms with Gasteiger partial charge in [0.25, 0.3) is 0 Å². The Bertz CT molecular complexity index is 495. The first-order valence-corrected chi connectivity index (χ1v) is 7.03. The van der Waals surface area contributed by atoms with Gasteiger partial charge >= 0.3 is 0 Å². The number of fused-ring (bicyclic) bond motifs is 1. The predicted octanol–water partition coefficient (Wildman–Crippen LogP) is 2.61. The Labute approximate surface area is 114 Å². The molecular formula is C15H23N3O. The Hall–Kier alpha value is -1.39. The van der Waals surface area contributed by atoms with Crippen molar-refractivity contribution >= 4 is 10.9 Å². The number of nitrogens with zero attached hydrogens (tertiary/aromatic N) is 2. The summed E-state index contributed by atoms with van der Waals surface area (Å²) in [5.74, 6) is 0. The van der Waals surface area contributed by atoms with Crippen LogP contribution in [0.1, 0.15) is 26.3 Å². The third-order valence-electron chi connectivity index (χ3n) is 3.21. The standard InChI is InChI=1S/C15H23N3O/c1-3-19-10-6-9-16-11-13(2)18-15-8-5-4-7-14(15)12-17-18/h4-5,7-8,12-13,16H,3,6,9-11H2,1-2H3. The first-order chi connectivity index (χ1) is 9.33. The lowest BCUT2D eigenvalue weighted by Crippen LogP contribution is -2.25. The largest absolute Gasteiger partial charge is 0.382 e. The number of para-hydroxylation sites is 1. The highest BCUT2D eigenvalue weighted by atomic mass is 16.5. The number of benzene rings is 1. The highest BCUT2D eigenvalue weighted by Crippen LogP contribution is 2.16. The Kier molecular flexibility index (Phi) is 5.36. The summed E-state index contributed by atoms with van der Waals surface area (Å²) < 4.78 is 7.40. The zero-order valence-corrected chi connectivity index (χ0v) is 11.8. The lowest BCUT2D eigenvalue weighted by atomic mass is 10.2. The van der Waals surface area contributed by atoms with Crippen LogP contribution in [-0.4, -0.2) is 36.1 Å². The van der Waals surface area contributed by atoms with Crippen LogP contribution in [-0.2, 0) is 4.74 Å². The maximum absolute atomic E-state index is 5.31. The first kappa shape index (κ1) is 14.0. The molecule has 19 heavy (non-hydrogen) atoms. The lowest BCUT2D eigenvalue weighted by molar-refractivity contribution is 0.144. The average Bonchev–Trinajstić information content (AvgIpc) is 2.86. The van der Waals surface area contributed by atoms with E-state index in [-0.39, 0.29) is 0 Å². The van der Waals surface area contributed by atoms with E-state index in [0.717, 1.165) is 32.7 Å². The van der Waals surface area contributed by atoms with Crippen molar-refractivity contribution in [2.45, 2.75) is 26.3 Å². The van der Waals surface area contributed by atoms with Crippen LogP contribution in [0.4, 0.5) is 0 Å². The quantitative estimate of drug-likeness (QED) is 0.742. The molecule has 0 aliphatic heterocycles. The SMILES string of the molecule is CCOCCCNCC(C)n1ncc2ccccc21. The third kappa shape index (κ3) is 3.78. The van der Waals surface area contributed by atoms with Crippen LogP contribution in [0.3, 0.4) is 0 Å². The highest BCUT2D eigenvalue weighted by Gasteiger charge is 2.08. The van der Waals surface area contributed by atoms with Gasteiger partial charge in [0, 0.05) is 25.1 Å². The summed E-state index contributed by atoms with van der Waals surface area (Å²) in [7, 11) is 0. The summed E-state index contributed by atoms with van der Waals surface area (Å²) in [6.45, 7) is 7.77. The van der Waals surface area contributed by atoms with Gasteiger partial charge < -0.3 is 10.1 Å². The summed E-state index contributed by atoms with van der Waals surface area (Å²) in [4.78, 5) is 0. The minimum Gasteiger partial charge on any atom is -0.382 e. The van der Waals surface area contributed by atoms with Crippen LogP contribution in [0.5, 0.6) is 0 Å². The molecule has 2 aromatic rings. The topological polar surface area (TPSA) is 39.1 Å². The number of hydrogen-bond acceptors (Lipinski definition) is 3. The molecule has 4 nitrogen and oxygen atoms in total. The van der Waals surface area contributed by atoms with E-state index in [1.807, 2.05) is 19.2 Å². The van der Waals surface area contributed by atoms with Crippen molar-refractivity contribution in [2.24, 2.45) is 0 Å². The third-order valence-corrected chi connectivity index (χ3v) is 3.21. The fourth-order valence-corrected chi connectivity index (χ4v) is 2.18. The van der Waals surface area contributed by atoms with Gasteiger partial charge in [0.1, 0.15) is 0 Å². The molecule has 0 spiro atoms. The van der Waals surface area contributed by atoms with E-state index in [9.17, 15) is 0 Å². The van der Waals surface area contributed by atoms with Crippen LogP contribution >= 0.6 is 0 Å². The van der Waals surface area contributed by atoms with Gasteiger partial charge in [0.2, 0.25) is 0 Å². The number of ether oxygens (including phenoxy) is 1. The summed E-state index contributed by atoms with van der Waals surface area (Å²) in [6, 6.07) is 8.68.